The van der Waals surface area contributed by atoms with Crippen LogP contribution in [-0.2, 0) is 0 Å². The molecule has 108 valence electrons. The van der Waals surface area contributed by atoms with Gasteiger partial charge in [-0.25, -0.2) is 0 Å². The smallest absolute Gasteiger partial charge is 0.136 e. The lowest BCUT2D eigenvalue weighted by atomic mass is 10.2. The van der Waals surface area contributed by atoms with E-state index in [1.54, 1.807) is 6.26 Å². The highest BCUT2D eigenvalue weighted by Crippen LogP contribution is 2.18. The van der Waals surface area contributed by atoms with Crippen LogP contribution < -0.4 is 0 Å². The zero-order valence-corrected chi connectivity index (χ0v) is 13.8. The Morgan fingerprint density at radius 1 is 1.00 bits per heavy atom. The molecule has 1 aromatic carbocycles. The van der Waals surface area contributed by atoms with E-state index in [1.807, 2.05) is 45.0 Å². The summed E-state index contributed by atoms with van der Waals surface area (Å²) in [6.07, 6.45) is 4.37. The predicted molar refractivity (Wildman–Crippen MR) is 90.2 cm³/mol. The molecule has 0 N–H and O–H groups in total. The van der Waals surface area contributed by atoms with E-state index in [0.717, 1.165) is 5.58 Å². The van der Waals surface area contributed by atoms with Crippen molar-refractivity contribution in [2.75, 3.05) is 11.5 Å². The number of fused-ring (bicyclic) bond motifs is 1. The molecule has 0 unspecified atom stereocenters. The van der Waals surface area contributed by atoms with Crippen LogP contribution in [0.3, 0.4) is 0 Å². The van der Waals surface area contributed by atoms with Crippen molar-refractivity contribution in [2.45, 2.75) is 47.5 Å². The first-order chi connectivity index (χ1) is 9.29. The van der Waals surface area contributed by atoms with E-state index in [4.69, 9.17) is 4.42 Å². The summed E-state index contributed by atoms with van der Waals surface area (Å²) in [4.78, 5) is 0. The van der Waals surface area contributed by atoms with Gasteiger partial charge in [0.05, 0.1) is 6.26 Å². The third kappa shape index (κ3) is 7.31. The molecule has 0 aliphatic carbocycles. The second kappa shape index (κ2) is 12.2. The Balaban J connectivity index is 0.000000321. The summed E-state index contributed by atoms with van der Waals surface area (Å²) < 4.78 is 5.25. The molecule has 19 heavy (non-hydrogen) atoms. The van der Waals surface area contributed by atoms with Gasteiger partial charge in [0.15, 0.2) is 0 Å². The number of hydrogen-bond donors (Lipinski definition) is 0. The van der Waals surface area contributed by atoms with Crippen LogP contribution in [0.4, 0.5) is 0 Å². The second-order valence-electron chi connectivity index (χ2n) is 4.03. The normalized spacial score (nSPS) is 9.32. The summed E-state index contributed by atoms with van der Waals surface area (Å²) >= 11 is 2.05. The Bertz CT molecular complexity index is 416. The van der Waals surface area contributed by atoms with Crippen molar-refractivity contribution in [1.82, 2.24) is 0 Å². The molecule has 1 heterocycles. The second-order valence-corrected chi connectivity index (χ2v) is 5.25. The van der Waals surface area contributed by atoms with Crippen LogP contribution in [-0.4, -0.2) is 11.5 Å². The van der Waals surface area contributed by atoms with Gasteiger partial charge in [-0.05, 0) is 42.9 Å². The molecule has 0 bridgehead atoms. The Labute approximate surface area is 122 Å². The zero-order valence-electron chi connectivity index (χ0n) is 13.0. The van der Waals surface area contributed by atoms with Crippen LogP contribution in [0, 0.1) is 6.92 Å². The average Bonchev–Trinajstić information content (AvgIpc) is 2.92. The Hall–Kier alpha value is -0.890. The van der Waals surface area contributed by atoms with Crippen molar-refractivity contribution in [3.63, 3.8) is 0 Å². The molecular formula is C17H28OS. The Morgan fingerprint density at radius 2 is 1.63 bits per heavy atom. The van der Waals surface area contributed by atoms with E-state index in [1.165, 1.54) is 35.3 Å². The van der Waals surface area contributed by atoms with Gasteiger partial charge in [-0.2, -0.15) is 11.8 Å². The molecule has 0 amide bonds. The molecule has 0 saturated carbocycles. The minimum absolute atomic E-state index is 1.00. The lowest BCUT2D eigenvalue weighted by Gasteiger charge is -1.91. The van der Waals surface area contributed by atoms with Gasteiger partial charge >= 0.3 is 0 Å². The average molecular weight is 280 g/mol. The number of rotatable bonds is 4. The maximum absolute atomic E-state index is 5.25. The molecule has 1 nitrogen and oxygen atoms in total. The molecule has 0 aliphatic heterocycles. The molecule has 0 saturated heterocycles. The largest absolute Gasteiger partial charge is 0.464 e. The minimum atomic E-state index is 1.00. The van der Waals surface area contributed by atoms with Crippen LogP contribution in [0.15, 0.2) is 34.9 Å². The molecule has 1 aromatic heterocycles. The van der Waals surface area contributed by atoms with Crippen molar-refractivity contribution in [2.24, 2.45) is 0 Å². The lowest BCUT2D eigenvalue weighted by molar-refractivity contribution is 0.613. The molecule has 0 radical (unpaired) electrons. The number of aryl methyl sites for hydroxylation is 1. The quantitative estimate of drug-likeness (QED) is 0.609. The van der Waals surface area contributed by atoms with Gasteiger partial charge in [0, 0.05) is 5.39 Å². The lowest BCUT2D eigenvalue weighted by Crippen LogP contribution is -1.76. The highest BCUT2D eigenvalue weighted by molar-refractivity contribution is 7.99. The number of furan rings is 1. The number of para-hydroxylation sites is 1. The van der Waals surface area contributed by atoms with Crippen molar-refractivity contribution in [3.05, 3.63) is 36.1 Å². The van der Waals surface area contributed by atoms with E-state index >= 15 is 0 Å². The van der Waals surface area contributed by atoms with Gasteiger partial charge in [-0.3, -0.25) is 0 Å². The van der Waals surface area contributed by atoms with E-state index in [9.17, 15) is 0 Å². The van der Waals surface area contributed by atoms with Gasteiger partial charge in [0.2, 0.25) is 0 Å². The fourth-order valence-electron chi connectivity index (χ4n) is 1.53. The SMILES string of the molecule is CC.CCCSCCC.Cc1cccc2ccoc12. The fourth-order valence-corrected chi connectivity index (χ4v) is 2.31. The van der Waals surface area contributed by atoms with Gasteiger partial charge in [0.1, 0.15) is 5.58 Å². The summed E-state index contributed by atoms with van der Waals surface area (Å²) in [5, 5.41) is 1.18. The summed E-state index contributed by atoms with van der Waals surface area (Å²) in [7, 11) is 0. The number of hydrogen-bond acceptors (Lipinski definition) is 2. The van der Waals surface area contributed by atoms with Crippen LogP contribution in [0.1, 0.15) is 46.1 Å². The Morgan fingerprint density at radius 3 is 2.16 bits per heavy atom. The van der Waals surface area contributed by atoms with Gasteiger partial charge in [-0.1, -0.05) is 45.9 Å². The predicted octanol–water partition coefficient (Wildman–Crippen LogP) is 6.31. The van der Waals surface area contributed by atoms with E-state index < -0.39 is 0 Å². The highest BCUT2D eigenvalue weighted by atomic mass is 32.2. The van der Waals surface area contributed by atoms with Crippen LogP contribution in [0.5, 0.6) is 0 Å². The molecular weight excluding hydrogens is 252 g/mol. The van der Waals surface area contributed by atoms with Crippen molar-refractivity contribution in [3.8, 4) is 0 Å². The summed E-state index contributed by atoms with van der Waals surface area (Å²) in [6, 6.07) is 8.10. The molecule has 0 aliphatic rings. The topological polar surface area (TPSA) is 13.1 Å². The van der Waals surface area contributed by atoms with Crippen molar-refractivity contribution in [1.29, 1.82) is 0 Å². The first-order valence-electron chi connectivity index (χ1n) is 7.30. The fraction of sp³-hybridized carbons (Fsp3) is 0.529. The molecule has 0 fully saturated rings. The molecule has 0 atom stereocenters. The number of thioether (sulfide) groups is 1. The monoisotopic (exact) mass is 280 g/mol. The van der Waals surface area contributed by atoms with Gasteiger partial charge in [0.25, 0.3) is 0 Å². The Kier molecular flexibility index (Phi) is 11.6. The summed E-state index contributed by atoms with van der Waals surface area (Å²) in [6.45, 7) is 10.5. The summed E-state index contributed by atoms with van der Waals surface area (Å²) in [5.74, 6) is 2.68. The first-order valence-corrected chi connectivity index (χ1v) is 8.45. The number of benzene rings is 1. The van der Waals surface area contributed by atoms with E-state index in [-0.39, 0.29) is 0 Å². The van der Waals surface area contributed by atoms with Gasteiger partial charge in [-0.15, -0.1) is 0 Å². The van der Waals surface area contributed by atoms with Gasteiger partial charge < -0.3 is 4.42 Å². The maximum atomic E-state index is 5.25. The standard InChI is InChI=1S/C9H8O.C6H14S.C2H6/c1-7-3-2-4-8-5-6-10-9(7)8;1-3-5-7-6-4-2;1-2/h2-6H,1H3;3-6H2,1-2H3;1-2H3. The molecule has 2 rings (SSSR count). The van der Waals surface area contributed by atoms with Crippen molar-refractivity contribution >= 4 is 22.7 Å². The first kappa shape index (κ1) is 18.1. The third-order valence-corrected chi connectivity index (χ3v) is 3.77. The molecule has 2 heteroatoms. The van der Waals surface area contributed by atoms with Crippen LogP contribution in [0.2, 0.25) is 0 Å². The van der Waals surface area contributed by atoms with Crippen LogP contribution in [0.25, 0.3) is 11.0 Å². The minimum Gasteiger partial charge on any atom is -0.464 e. The van der Waals surface area contributed by atoms with Crippen molar-refractivity contribution < 1.29 is 4.42 Å². The zero-order chi connectivity index (χ0) is 14.5. The maximum Gasteiger partial charge on any atom is 0.136 e. The van der Waals surface area contributed by atoms with E-state index in [0.29, 0.717) is 0 Å². The molecule has 0 spiro atoms. The van der Waals surface area contributed by atoms with E-state index in [2.05, 4.69) is 25.6 Å². The van der Waals surface area contributed by atoms with Crippen LogP contribution >= 0.6 is 11.8 Å². The highest BCUT2D eigenvalue weighted by Gasteiger charge is 1.96. The summed E-state index contributed by atoms with van der Waals surface area (Å²) in [5.41, 5.74) is 2.20. The molecule has 2 aromatic rings. The third-order valence-electron chi connectivity index (χ3n) is 2.37.